The molecular weight excluding hydrogens is 342 g/mol. The van der Waals surface area contributed by atoms with Crippen molar-refractivity contribution in [1.82, 2.24) is 24.4 Å². The van der Waals surface area contributed by atoms with Crippen LogP contribution in [0.2, 0.25) is 0 Å². The van der Waals surface area contributed by atoms with Crippen molar-refractivity contribution in [1.29, 1.82) is 0 Å². The Morgan fingerprint density at radius 2 is 1.81 bits per heavy atom. The molecule has 0 radical (unpaired) electrons. The number of hydrogen-bond donors (Lipinski definition) is 0. The molecule has 0 spiro atoms. The summed E-state index contributed by atoms with van der Waals surface area (Å²) in [5.74, 6) is 0.775. The van der Waals surface area contributed by atoms with Crippen LogP contribution in [0.15, 0.2) is 59.8 Å². The molecular formula is C20H19N5O2. The van der Waals surface area contributed by atoms with Gasteiger partial charge in [-0.25, -0.2) is 9.20 Å². The standard InChI is InChI=1S/C20H19N5O2/c1-13(2)25-18(26)9-8-16(22-25)19-17-12-21-10-11-24(17)23-20(19)14-4-6-15(27-3)7-5-14/h4-13H,1-3H3. The Bertz CT molecular complexity index is 1160. The van der Waals surface area contributed by atoms with Crippen LogP contribution in [-0.4, -0.2) is 31.5 Å². The largest absolute Gasteiger partial charge is 0.497 e. The van der Waals surface area contributed by atoms with Crippen molar-refractivity contribution < 1.29 is 4.74 Å². The Hall–Kier alpha value is -3.48. The van der Waals surface area contributed by atoms with E-state index in [1.165, 1.54) is 4.68 Å². The average molecular weight is 361 g/mol. The Labute approximate surface area is 155 Å². The first-order chi connectivity index (χ1) is 13.1. The molecule has 0 N–H and O–H groups in total. The van der Waals surface area contributed by atoms with Crippen LogP contribution in [0.25, 0.3) is 28.0 Å². The maximum absolute atomic E-state index is 12.1. The predicted octanol–water partition coefficient (Wildman–Crippen LogP) is 3.21. The van der Waals surface area contributed by atoms with E-state index in [4.69, 9.17) is 9.84 Å². The van der Waals surface area contributed by atoms with E-state index in [0.717, 1.165) is 28.1 Å². The first-order valence-electron chi connectivity index (χ1n) is 8.65. The highest BCUT2D eigenvalue weighted by molar-refractivity contribution is 5.90. The van der Waals surface area contributed by atoms with Crippen molar-refractivity contribution in [3.63, 3.8) is 0 Å². The molecule has 0 aliphatic heterocycles. The zero-order valence-corrected chi connectivity index (χ0v) is 15.3. The lowest BCUT2D eigenvalue weighted by Crippen LogP contribution is -2.23. The molecule has 0 saturated carbocycles. The van der Waals surface area contributed by atoms with Gasteiger partial charge in [0.25, 0.3) is 5.56 Å². The smallest absolute Gasteiger partial charge is 0.267 e. The van der Waals surface area contributed by atoms with Gasteiger partial charge in [0.2, 0.25) is 0 Å². The fourth-order valence-corrected chi connectivity index (χ4v) is 3.03. The number of methoxy groups -OCH3 is 1. The van der Waals surface area contributed by atoms with E-state index in [1.54, 1.807) is 42.3 Å². The lowest BCUT2D eigenvalue weighted by molar-refractivity contribution is 0.415. The molecule has 136 valence electrons. The van der Waals surface area contributed by atoms with Gasteiger partial charge in [-0.1, -0.05) is 0 Å². The molecule has 4 rings (SSSR count). The van der Waals surface area contributed by atoms with Gasteiger partial charge >= 0.3 is 0 Å². The van der Waals surface area contributed by atoms with Gasteiger partial charge in [-0.05, 0) is 44.2 Å². The van der Waals surface area contributed by atoms with Crippen LogP contribution >= 0.6 is 0 Å². The molecule has 0 fully saturated rings. The number of hydrogen-bond acceptors (Lipinski definition) is 5. The van der Waals surface area contributed by atoms with Crippen LogP contribution in [-0.2, 0) is 0 Å². The Balaban J connectivity index is 1.99. The van der Waals surface area contributed by atoms with E-state index in [9.17, 15) is 4.79 Å². The quantitative estimate of drug-likeness (QED) is 0.558. The summed E-state index contributed by atoms with van der Waals surface area (Å²) < 4.78 is 8.50. The van der Waals surface area contributed by atoms with E-state index in [0.29, 0.717) is 5.69 Å². The summed E-state index contributed by atoms with van der Waals surface area (Å²) >= 11 is 0. The number of aromatic nitrogens is 5. The van der Waals surface area contributed by atoms with Gasteiger partial charge in [0.1, 0.15) is 11.4 Å². The molecule has 27 heavy (non-hydrogen) atoms. The Morgan fingerprint density at radius 3 is 2.52 bits per heavy atom. The first-order valence-corrected chi connectivity index (χ1v) is 8.65. The highest BCUT2D eigenvalue weighted by Gasteiger charge is 2.19. The van der Waals surface area contributed by atoms with Crippen molar-refractivity contribution in [3.8, 4) is 28.3 Å². The zero-order valence-electron chi connectivity index (χ0n) is 15.3. The molecule has 7 nitrogen and oxygen atoms in total. The molecule has 0 saturated heterocycles. The second-order valence-corrected chi connectivity index (χ2v) is 6.45. The molecule has 0 amide bonds. The third-order valence-electron chi connectivity index (χ3n) is 4.37. The van der Waals surface area contributed by atoms with Gasteiger partial charge < -0.3 is 4.74 Å². The zero-order chi connectivity index (χ0) is 19.0. The summed E-state index contributed by atoms with van der Waals surface area (Å²) in [6, 6.07) is 10.9. The highest BCUT2D eigenvalue weighted by atomic mass is 16.5. The first kappa shape index (κ1) is 17.0. The van der Waals surface area contributed by atoms with E-state index < -0.39 is 0 Å². The van der Waals surface area contributed by atoms with Gasteiger partial charge in [0.15, 0.2) is 0 Å². The van der Waals surface area contributed by atoms with E-state index in [-0.39, 0.29) is 11.6 Å². The minimum Gasteiger partial charge on any atom is -0.497 e. The number of benzene rings is 1. The van der Waals surface area contributed by atoms with Crippen LogP contribution in [0.3, 0.4) is 0 Å². The third kappa shape index (κ3) is 2.97. The Morgan fingerprint density at radius 1 is 1.04 bits per heavy atom. The van der Waals surface area contributed by atoms with Crippen LogP contribution in [0.1, 0.15) is 19.9 Å². The molecule has 0 atom stereocenters. The van der Waals surface area contributed by atoms with Crippen molar-refractivity contribution in [2.45, 2.75) is 19.9 Å². The van der Waals surface area contributed by atoms with Crippen LogP contribution < -0.4 is 10.3 Å². The lowest BCUT2D eigenvalue weighted by atomic mass is 10.0. The maximum Gasteiger partial charge on any atom is 0.267 e. The average Bonchev–Trinajstić information content (AvgIpc) is 3.08. The van der Waals surface area contributed by atoms with Crippen molar-refractivity contribution in [2.24, 2.45) is 0 Å². The summed E-state index contributed by atoms with van der Waals surface area (Å²) in [4.78, 5) is 16.4. The lowest BCUT2D eigenvalue weighted by Gasteiger charge is -2.10. The second kappa shape index (κ2) is 6.68. The fourth-order valence-electron chi connectivity index (χ4n) is 3.03. The summed E-state index contributed by atoms with van der Waals surface area (Å²) in [6.07, 6.45) is 5.23. The highest BCUT2D eigenvalue weighted by Crippen LogP contribution is 2.34. The maximum atomic E-state index is 12.1. The minimum absolute atomic E-state index is 0.0400. The molecule has 1 aromatic carbocycles. The summed E-state index contributed by atoms with van der Waals surface area (Å²) in [7, 11) is 1.64. The molecule has 0 aliphatic rings. The minimum atomic E-state index is -0.130. The van der Waals surface area contributed by atoms with Crippen LogP contribution in [0, 0.1) is 0 Å². The van der Waals surface area contributed by atoms with Crippen molar-refractivity contribution in [2.75, 3.05) is 7.11 Å². The number of nitrogens with zero attached hydrogens (tertiary/aromatic N) is 5. The topological polar surface area (TPSA) is 74.3 Å². The molecule has 0 bridgehead atoms. The van der Waals surface area contributed by atoms with Crippen LogP contribution in [0.4, 0.5) is 0 Å². The van der Waals surface area contributed by atoms with Gasteiger partial charge in [-0.2, -0.15) is 10.2 Å². The number of ether oxygens (including phenoxy) is 1. The monoisotopic (exact) mass is 361 g/mol. The fraction of sp³-hybridized carbons (Fsp3) is 0.200. The number of rotatable bonds is 4. The molecule has 7 heteroatoms. The van der Waals surface area contributed by atoms with E-state index in [2.05, 4.69) is 10.1 Å². The van der Waals surface area contributed by atoms with Gasteiger partial charge in [-0.3, -0.25) is 9.78 Å². The SMILES string of the molecule is COc1ccc(-c2nn3ccncc3c2-c2ccc(=O)n(C(C)C)n2)cc1. The molecule has 0 aliphatic carbocycles. The summed E-state index contributed by atoms with van der Waals surface area (Å²) in [6.45, 7) is 3.86. The molecule has 0 unspecified atom stereocenters. The van der Waals surface area contributed by atoms with Gasteiger partial charge in [0, 0.05) is 24.0 Å². The second-order valence-electron chi connectivity index (χ2n) is 6.45. The van der Waals surface area contributed by atoms with Gasteiger partial charge in [-0.15, -0.1) is 0 Å². The van der Waals surface area contributed by atoms with Crippen LogP contribution in [0.5, 0.6) is 5.75 Å². The van der Waals surface area contributed by atoms with Crippen molar-refractivity contribution in [3.05, 3.63) is 65.3 Å². The Kier molecular flexibility index (Phi) is 4.19. The molecule has 4 aromatic rings. The summed E-state index contributed by atoms with van der Waals surface area (Å²) in [5, 5.41) is 9.30. The summed E-state index contributed by atoms with van der Waals surface area (Å²) in [5.41, 5.74) is 3.91. The van der Waals surface area contributed by atoms with Crippen molar-refractivity contribution >= 4 is 5.52 Å². The van der Waals surface area contributed by atoms with E-state index in [1.807, 2.05) is 38.1 Å². The van der Waals surface area contributed by atoms with E-state index >= 15 is 0 Å². The molecule has 3 heterocycles. The van der Waals surface area contributed by atoms with Gasteiger partial charge in [0.05, 0.1) is 36.1 Å². The predicted molar refractivity (Wildman–Crippen MR) is 103 cm³/mol. The molecule has 3 aromatic heterocycles. The normalized spacial score (nSPS) is 11.3. The number of fused-ring (bicyclic) bond motifs is 1. The third-order valence-corrected chi connectivity index (χ3v) is 4.37.